The Hall–Kier alpha value is -2.54. The first-order chi connectivity index (χ1) is 8.67. The summed E-state index contributed by atoms with van der Waals surface area (Å²) in [6.45, 7) is 3.66. The molecule has 0 bridgehead atoms. The number of aromatic nitrogens is 2. The zero-order valence-electron chi connectivity index (χ0n) is 10.2. The average Bonchev–Trinajstić information content (AvgIpc) is 2.32. The van der Waals surface area contributed by atoms with Gasteiger partial charge < -0.3 is 10.4 Å². The summed E-state index contributed by atoms with van der Waals surface area (Å²) in [5, 5.41) is 12.3. The van der Waals surface area contributed by atoms with Crippen molar-refractivity contribution in [3.63, 3.8) is 0 Å². The number of nitrogens with one attached hydrogen (secondary N) is 1. The van der Waals surface area contributed by atoms with Crippen molar-refractivity contribution in [2.24, 2.45) is 0 Å². The Morgan fingerprint density at radius 2 is 1.89 bits per heavy atom. The molecule has 2 aromatic rings. The predicted octanol–water partition coefficient (Wildman–Crippen LogP) is 2.61. The number of aryl methyl sites for hydroxylation is 1. The molecule has 0 spiro atoms. The van der Waals surface area contributed by atoms with E-state index >= 15 is 0 Å². The Kier molecular flexibility index (Phi) is 3.44. The van der Waals surface area contributed by atoms with Gasteiger partial charge in [0.2, 0.25) is 5.95 Å². The molecule has 18 heavy (non-hydrogen) atoms. The minimum Gasteiger partial charge on any atom is -0.508 e. The van der Waals surface area contributed by atoms with E-state index in [0.717, 1.165) is 11.4 Å². The fraction of sp³-hybridized carbons (Fsp3) is 0.143. The van der Waals surface area contributed by atoms with Gasteiger partial charge in [-0.15, -0.1) is 0 Å². The van der Waals surface area contributed by atoms with Crippen molar-refractivity contribution in [3.8, 4) is 17.6 Å². The molecule has 4 heteroatoms. The molecule has 1 heterocycles. The fourth-order valence-electron chi connectivity index (χ4n) is 1.49. The second kappa shape index (κ2) is 5.19. The molecule has 0 fully saturated rings. The molecular formula is C14H13N3O. The van der Waals surface area contributed by atoms with Gasteiger partial charge in [-0.2, -0.15) is 0 Å². The summed E-state index contributed by atoms with van der Waals surface area (Å²) in [5.41, 5.74) is 2.35. The molecule has 1 aromatic heterocycles. The second-order valence-corrected chi connectivity index (χ2v) is 3.77. The molecule has 0 saturated carbocycles. The molecule has 0 aliphatic carbocycles. The molecule has 0 amide bonds. The highest BCUT2D eigenvalue weighted by molar-refractivity contribution is 5.55. The smallest absolute Gasteiger partial charge is 0.228 e. The number of anilines is 2. The maximum Gasteiger partial charge on any atom is 0.228 e. The van der Waals surface area contributed by atoms with Crippen molar-refractivity contribution < 1.29 is 5.11 Å². The molecule has 0 radical (unpaired) electrons. The molecule has 0 aliphatic heterocycles. The van der Waals surface area contributed by atoms with Gasteiger partial charge in [0.25, 0.3) is 0 Å². The number of nitrogens with zero attached hydrogens (tertiary/aromatic N) is 2. The summed E-state index contributed by atoms with van der Waals surface area (Å²) in [7, 11) is 0. The van der Waals surface area contributed by atoms with E-state index in [1.165, 1.54) is 0 Å². The number of benzene rings is 1. The maximum atomic E-state index is 9.20. The van der Waals surface area contributed by atoms with Crippen LogP contribution < -0.4 is 5.32 Å². The lowest BCUT2D eigenvalue weighted by Gasteiger charge is -2.06. The van der Waals surface area contributed by atoms with Gasteiger partial charge >= 0.3 is 0 Å². The van der Waals surface area contributed by atoms with E-state index in [-0.39, 0.29) is 5.75 Å². The summed E-state index contributed by atoms with van der Waals surface area (Å²) in [6, 6.07) is 8.55. The third-order valence-electron chi connectivity index (χ3n) is 2.23. The van der Waals surface area contributed by atoms with E-state index in [1.54, 1.807) is 31.2 Å². The van der Waals surface area contributed by atoms with Crippen LogP contribution in [0.1, 0.15) is 18.3 Å². The second-order valence-electron chi connectivity index (χ2n) is 3.77. The Labute approximate surface area is 106 Å². The van der Waals surface area contributed by atoms with Crippen LogP contribution in [0, 0.1) is 18.8 Å². The number of phenols is 1. The lowest BCUT2D eigenvalue weighted by molar-refractivity contribution is 0.475. The van der Waals surface area contributed by atoms with Crippen molar-refractivity contribution in [1.29, 1.82) is 0 Å². The SMILES string of the molecule is CC#Cc1cc(C)nc(Nc2ccc(O)cc2)n1. The van der Waals surface area contributed by atoms with Crippen molar-refractivity contribution in [2.75, 3.05) is 5.32 Å². The van der Waals surface area contributed by atoms with Crippen LogP contribution in [-0.2, 0) is 0 Å². The number of rotatable bonds is 2. The number of hydrogen-bond donors (Lipinski definition) is 2. The Balaban J connectivity index is 2.27. The maximum absolute atomic E-state index is 9.20. The zero-order valence-corrected chi connectivity index (χ0v) is 10.2. The molecule has 4 nitrogen and oxygen atoms in total. The third-order valence-corrected chi connectivity index (χ3v) is 2.23. The monoisotopic (exact) mass is 239 g/mol. The minimum absolute atomic E-state index is 0.225. The molecule has 1 aromatic carbocycles. The van der Waals surface area contributed by atoms with Crippen molar-refractivity contribution in [1.82, 2.24) is 9.97 Å². The van der Waals surface area contributed by atoms with Gasteiger partial charge in [0.05, 0.1) is 0 Å². The predicted molar refractivity (Wildman–Crippen MR) is 70.7 cm³/mol. The van der Waals surface area contributed by atoms with Gasteiger partial charge in [-0.1, -0.05) is 5.92 Å². The van der Waals surface area contributed by atoms with Crippen LogP contribution in [0.5, 0.6) is 5.75 Å². The molecule has 2 N–H and O–H groups in total. The normalized spacial score (nSPS) is 9.44. The third kappa shape index (κ3) is 2.98. The average molecular weight is 239 g/mol. The molecular weight excluding hydrogens is 226 g/mol. The van der Waals surface area contributed by atoms with E-state index in [4.69, 9.17) is 0 Å². The van der Waals surface area contributed by atoms with Crippen molar-refractivity contribution >= 4 is 11.6 Å². The molecule has 0 aliphatic rings. The van der Waals surface area contributed by atoms with Crippen LogP contribution in [0.15, 0.2) is 30.3 Å². The quantitative estimate of drug-likeness (QED) is 0.624. The van der Waals surface area contributed by atoms with E-state index in [1.807, 2.05) is 13.0 Å². The first kappa shape index (κ1) is 11.9. The van der Waals surface area contributed by atoms with Crippen LogP contribution in [0.3, 0.4) is 0 Å². The molecule has 0 saturated heterocycles. The summed E-state index contributed by atoms with van der Waals surface area (Å²) in [5.74, 6) is 6.43. The standard InChI is InChI=1S/C14H13N3O/c1-3-4-12-9-10(2)15-14(17-12)16-11-5-7-13(18)8-6-11/h5-9,18H,1-2H3,(H,15,16,17). The van der Waals surface area contributed by atoms with Crippen LogP contribution in [0.2, 0.25) is 0 Å². The van der Waals surface area contributed by atoms with Gasteiger partial charge in [-0.3, -0.25) is 0 Å². The van der Waals surface area contributed by atoms with Gasteiger partial charge in [0, 0.05) is 11.4 Å². The number of aromatic hydroxyl groups is 1. The lowest BCUT2D eigenvalue weighted by atomic mass is 10.3. The van der Waals surface area contributed by atoms with Crippen molar-refractivity contribution in [3.05, 3.63) is 41.7 Å². The van der Waals surface area contributed by atoms with Gasteiger partial charge in [-0.05, 0) is 50.1 Å². The number of phenolic OH excluding ortho intramolecular Hbond substituents is 1. The molecule has 2 rings (SSSR count). The lowest BCUT2D eigenvalue weighted by Crippen LogP contribution is -2.00. The van der Waals surface area contributed by atoms with E-state index in [2.05, 4.69) is 27.1 Å². The van der Waals surface area contributed by atoms with Gasteiger partial charge in [-0.25, -0.2) is 9.97 Å². The highest BCUT2D eigenvalue weighted by Crippen LogP contribution is 2.17. The highest BCUT2D eigenvalue weighted by atomic mass is 16.3. The summed E-state index contributed by atoms with van der Waals surface area (Å²) in [6.07, 6.45) is 0. The summed E-state index contributed by atoms with van der Waals surface area (Å²) >= 11 is 0. The topological polar surface area (TPSA) is 58.0 Å². The summed E-state index contributed by atoms with van der Waals surface area (Å²) < 4.78 is 0. The number of hydrogen-bond acceptors (Lipinski definition) is 4. The zero-order chi connectivity index (χ0) is 13.0. The molecule has 0 atom stereocenters. The largest absolute Gasteiger partial charge is 0.508 e. The Bertz CT molecular complexity index is 609. The van der Waals surface area contributed by atoms with Crippen molar-refractivity contribution in [2.45, 2.75) is 13.8 Å². The Morgan fingerprint density at radius 1 is 1.17 bits per heavy atom. The van der Waals surface area contributed by atoms with Crippen LogP contribution in [0.25, 0.3) is 0 Å². The fourth-order valence-corrected chi connectivity index (χ4v) is 1.49. The Morgan fingerprint density at radius 3 is 2.56 bits per heavy atom. The highest BCUT2D eigenvalue weighted by Gasteiger charge is 2.01. The molecule has 0 unspecified atom stereocenters. The summed E-state index contributed by atoms with van der Waals surface area (Å²) in [4.78, 5) is 8.56. The first-order valence-electron chi connectivity index (χ1n) is 5.52. The minimum atomic E-state index is 0.225. The van der Waals surface area contributed by atoms with E-state index < -0.39 is 0 Å². The van der Waals surface area contributed by atoms with Gasteiger partial charge in [0.1, 0.15) is 11.4 Å². The van der Waals surface area contributed by atoms with Crippen LogP contribution in [-0.4, -0.2) is 15.1 Å². The van der Waals surface area contributed by atoms with Gasteiger partial charge in [0.15, 0.2) is 0 Å². The van der Waals surface area contributed by atoms with Crippen LogP contribution in [0.4, 0.5) is 11.6 Å². The van der Waals surface area contributed by atoms with E-state index in [0.29, 0.717) is 11.6 Å². The van der Waals surface area contributed by atoms with Crippen LogP contribution >= 0.6 is 0 Å². The first-order valence-corrected chi connectivity index (χ1v) is 5.52. The molecule has 90 valence electrons. The van der Waals surface area contributed by atoms with E-state index in [9.17, 15) is 5.11 Å².